The van der Waals surface area contributed by atoms with Gasteiger partial charge in [-0.25, -0.2) is 4.98 Å². The SMILES string of the molecule is c1ccc(-n2cnc3c4cc5[nH]c6ccccc6c5cc4ccc32)cc1. The Hall–Kier alpha value is -3.59. The van der Waals surface area contributed by atoms with Gasteiger partial charge in [-0.05, 0) is 41.8 Å². The fraction of sp³-hybridized carbons (Fsp3) is 0. The molecule has 6 rings (SSSR count). The molecule has 0 saturated heterocycles. The third-order valence-electron chi connectivity index (χ3n) is 5.19. The van der Waals surface area contributed by atoms with Gasteiger partial charge in [-0.3, -0.25) is 4.57 Å². The van der Waals surface area contributed by atoms with E-state index < -0.39 is 0 Å². The van der Waals surface area contributed by atoms with Gasteiger partial charge in [-0.2, -0.15) is 0 Å². The lowest BCUT2D eigenvalue weighted by molar-refractivity contribution is 1.09. The number of aromatic amines is 1. The minimum atomic E-state index is 1.03. The molecule has 0 atom stereocenters. The number of aromatic nitrogens is 3. The third-order valence-corrected chi connectivity index (χ3v) is 5.19. The summed E-state index contributed by atoms with van der Waals surface area (Å²) in [6.45, 7) is 0. The van der Waals surface area contributed by atoms with Crippen molar-refractivity contribution in [1.82, 2.24) is 14.5 Å². The molecule has 0 fully saturated rings. The number of nitrogens with one attached hydrogen (secondary N) is 1. The molecule has 0 aliphatic rings. The molecule has 0 radical (unpaired) electrons. The van der Waals surface area contributed by atoms with Gasteiger partial charge in [0, 0.05) is 32.9 Å². The summed E-state index contributed by atoms with van der Waals surface area (Å²) in [6, 6.07) is 27.7. The average Bonchev–Trinajstić information content (AvgIpc) is 3.28. The molecule has 2 aromatic heterocycles. The number of hydrogen-bond donors (Lipinski definition) is 1. The van der Waals surface area contributed by atoms with Gasteiger partial charge in [0.25, 0.3) is 0 Å². The Labute approximate surface area is 149 Å². The molecular formula is C23H15N3. The van der Waals surface area contributed by atoms with Crippen molar-refractivity contribution in [1.29, 1.82) is 0 Å². The van der Waals surface area contributed by atoms with Crippen molar-refractivity contribution in [2.75, 3.05) is 0 Å². The smallest absolute Gasteiger partial charge is 0.100 e. The van der Waals surface area contributed by atoms with Crippen LogP contribution in [-0.2, 0) is 0 Å². The lowest BCUT2D eigenvalue weighted by Crippen LogP contribution is -1.90. The highest BCUT2D eigenvalue weighted by molar-refractivity contribution is 6.16. The molecule has 0 aliphatic heterocycles. The number of imidazole rings is 1. The zero-order valence-corrected chi connectivity index (χ0v) is 14.0. The number of H-pyrrole nitrogens is 1. The van der Waals surface area contributed by atoms with Crippen LogP contribution in [0.1, 0.15) is 0 Å². The summed E-state index contributed by atoms with van der Waals surface area (Å²) < 4.78 is 2.14. The Morgan fingerprint density at radius 2 is 1.54 bits per heavy atom. The van der Waals surface area contributed by atoms with Gasteiger partial charge in [0.1, 0.15) is 6.33 Å². The van der Waals surface area contributed by atoms with Crippen molar-refractivity contribution in [2.45, 2.75) is 0 Å². The maximum atomic E-state index is 4.73. The monoisotopic (exact) mass is 333 g/mol. The Morgan fingerprint density at radius 3 is 2.46 bits per heavy atom. The van der Waals surface area contributed by atoms with Gasteiger partial charge in [-0.15, -0.1) is 0 Å². The summed E-state index contributed by atoms with van der Waals surface area (Å²) in [6.07, 6.45) is 1.91. The van der Waals surface area contributed by atoms with E-state index in [1.54, 1.807) is 0 Å². The van der Waals surface area contributed by atoms with Crippen molar-refractivity contribution in [3.63, 3.8) is 0 Å². The molecule has 26 heavy (non-hydrogen) atoms. The van der Waals surface area contributed by atoms with E-state index in [1.165, 1.54) is 27.1 Å². The molecule has 1 N–H and O–H groups in total. The molecule has 3 nitrogen and oxygen atoms in total. The van der Waals surface area contributed by atoms with Gasteiger partial charge < -0.3 is 4.98 Å². The zero-order valence-electron chi connectivity index (χ0n) is 14.0. The zero-order chi connectivity index (χ0) is 17.1. The molecule has 122 valence electrons. The second-order valence-corrected chi connectivity index (χ2v) is 6.67. The normalized spacial score (nSPS) is 11.8. The molecule has 0 spiro atoms. The largest absolute Gasteiger partial charge is 0.354 e. The number of fused-ring (bicyclic) bond motifs is 6. The fourth-order valence-corrected chi connectivity index (χ4v) is 3.95. The first kappa shape index (κ1) is 13.7. The summed E-state index contributed by atoms with van der Waals surface area (Å²) in [7, 11) is 0. The number of rotatable bonds is 1. The van der Waals surface area contributed by atoms with Crippen molar-refractivity contribution in [3.8, 4) is 5.69 Å². The van der Waals surface area contributed by atoms with Crippen molar-refractivity contribution in [2.24, 2.45) is 0 Å². The van der Waals surface area contributed by atoms with Crippen LogP contribution < -0.4 is 0 Å². The van der Waals surface area contributed by atoms with Crippen LogP contribution in [0.3, 0.4) is 0 Å². The Bertz CT molecular complexity index is 1420. The van der Waals surface area contributed by atoms with Crippen molar-refractivity contribution >= 4 is 43.6 Å². The van der Waals surface area contributed by atoms with E-state index in [0.717, 1.165) is 22.2 Å². The predicted molar refractivity (Wildman–Crippen MR) is 108 cm³/mol. The number of nitrogens with zero attached hydrogens (tertiary/aromatic N) is 2. The number of benzene rings is 4. The lowest BCUT2D eigenvalue weighted by atomic mass is 10.0. The first-order valence-corrected chi connectivity index (χ1v) is 8.74. The summed E-state index contributed by atoms with van der Waals surface area (Å²) in [4.78, 5) is 8.27. The summed E-state index contributed by atoms with van der Waals surface area (Å²) in [5, 5.41) is 4.92. The Balaban J connectivity index is 1.70. The molecule has 0 aliphatic carbocycles. The van der Waals surface area contributed by atoms with Crippen LogP contribution in [0.4, 0.5) is 0 Å². The minimum Gasteiger partial charge on any atom is -0.354 e. The standard InChI is InChI=1S/C23H15N3/c1-2-6-16(7-3-1)26-14-24-23-18-13-21-19(12-15(18)10-11-22(23)26)17-8-4-5-9-20(17)25-21/h1-14,25H. The van der Waals surface area contributed by atoms with E-state index >= 15 is 0 Å². The van der Waals surface area contributed by atoms with Crippen LogP contribution in [0, 0.1) is 0 Å². The van der Waals surface area contributed by atoms with Crippen LogP contribution in [0.2, 0.25) is 0 Å². The predicted octanol–water partition coefficient (Wildman–Crippen LogP) is 5.81. The van der Waals surface area contributed by atoms with Crippen LogP contribution in [0.25, 0.3) is 49.3 Å². The average molecular weight is 333 g/mol. The summed E-state index contributed by atoms with van der Waals surface area (Å²) in [5.74, 6) is 0. The first-order chi connectivity index (χ1) is 12.9. The molecule has 3 heteroatoms. The third kappa shape index (κ3) is 1.80. The number of para-hydroxylation sites is 2. The lowest BCUT2D eigenvalue weighted by Gasteiger charge is -2.05. The van der Waals surface area contributed by atoms with Crippen LogP contribution in [0.15, 0.2) is 85.2 Å². The number of hydrogen-bond acceptors (Lipinski definition) is 1. The molecule has 0 bridgehead atoms. The Kier molecular flexibility index (Phi) is 2.61. The highest BCUT2D eigenvalue weighted by Crippen LogP contribution is 2.33. The molecule has 2 heterocycles. The van der Waals surface area contributed by atoms with E-state index in [4.69, 9.17) is 4.98 Å². The van der Waals surface area contributed by atoms with E-state index in [9.17, 15) is 0 Å². The molecule has 0 unspecified atom stereocenters. The maximum Gasteiger partial charge on any atom is 0.100 e. The second kappa shape index (κ2) is 4.96. The molecule has 6 aromatic rings. The Morgan fingerprint density at radius 1 is 0.692 bits per heavy atom. The maximum absolute atomic E-state index is 4.73. The summed E-state index contributed by atoms with van der Waals surface area (Å²) >= 11 is 0. The van der Waals surface area contributed by atoms with E-state index in [1.807, 2.05) is 12.4 Å². The van der Waals surface area contributed by atoms with Gasteiger partial charge >= 0.3 is 0 Å². The van der Waals surface area contributed by atoms with Crippen molar-refractivity contribution < 1.29 is 0 Å². The van der Waals surface area contributed by atoms with Gasteiger partial charge in [0.05, 0.1) is 11.0 Å². The van der Waals surface area contributed by atoms with Crippen LogP contribution in [-0.4, -0.2) is 14.5 Å². The second-order valence-electron chi connectivity index (χ2n) is 6.67. The van der Waals surface area contributed by atoms with E-state index in [-0.39, 0.29) is 0 Å². The van der Waals surface area contributed by atoms with Gasteiger partial charge in [-0.1, -0.05) is 42.5 Å². The van der Waals surface area contributed by atoms with Crippen LogP contribution >= 0.6 is 0 Å². The molecule has 0 saturated carbocycles. The summed E-state index contributed by atoms with van der Waals surface area (Å²) in [5.41, 5.74) is 5.61. The highest BCUT2D eigenvalue weighted by atomic mass is 15.0. The van der Waals surface area contributed by atoms with Crippen molar-refractivity contribution in [3.05, 3.63) is 85.2 Å². The molecular weight excluding hydrogens is 318 g/mol. The van der Waals surface area contributed by atoms with E-state index in [0.29, 0.717) is 0 Å². The van der Waals surface area contributed by atoms with Gasteiger partial charge in [0.15, 0.2) is 0 Å². The first-order valence-electron chi connectivity index (χ1n) is 8.74. The van der Waals surface area contributed by atoms with Gasteiger partial charge in [0.2, 0.25) is 0 Å². The van der Waals surface area contributed by atoms with E-state index in [2.05, 4.69) is 82.3 Å². The topological polar surface area (TPSA) is 33.6 Å². The van der Waals surface area contributed by atoms with Crippen LogP contribution in [0.5, 0.6) is 0 Å². The minimum absolute atomic E-state index is 1.03. The highest BCUT2D eigenvalue weighted by Gasteiger charge is 2.11. The molecule has 4 aromatic carbocycles. The quantitative estimate of drug-likeness (QED) is 0.404. The molecule has 0 amide bonds. The fourth-order valence-electron chi connectivity index (χ4n) is 3.95.